The van der Waals surface area contributed by atoms with Gasteiger partial charge in [-0.3, -0.25) is 0 Å². The molecule has 0 bridgehead atoms. The Bertz CT molecular complexity index is 214. The summed E-state index contributed by atoms with van der Waals surface area (Å²) in [6.45, 7) is 7.17. The Kier molecular flexibility index (Phi) is 8.85. The standard InChI is InChI=1S/C12H23NO3/c1-4-16-12(15)6-5-8-13-11(7-9-14)10(2)3/h5-6,10-11,13-14H,4,7-9H2,1-3H3/b6-5+. The van der Waals surface area contributed by atoms with Crippen molar-refractivity contribution in [2.45, 2.75) is 33.2 Å². The zero-order valence-corrected chi connectivity index (χ0v) is 10.4. The van der Waals surface area contributed by atoms with Crippen LogP contribution >= 0.6 is 0 Å². The van der Waals surface area contributed by atoms with Crippen LogP contribution in [0.1, 0.15) is 27.2 Å². The van der Waals surface area contributed by atoms with E-state index in [0.29, 0.717) is 19.1 Å². The molecule has 4 nitrogen and oxygen atoms in total. The Morgan fingerprint density at radius 1 is 1.50 bits per heavy atom. The van der Waals surface area contributed by atoms with Gasteiger partial charge in [0.1, 0.15) is 0 Å². The van der Waals surface area contributed by atoms with Gasteiger partial charge in [-0.25, -0.2) is 4.79 Å². The third-order valence-corrected chi connectivity index (χ3v) is 2.28. The number of hydrogen-bond donors (Lipinski definition) is 2. The van der Waals surface area contributed by atoms with Gasteiger partial charge in [0.2, 0.25) is 0 Å². The molecule has 1 atom stereocenters. The summed E-state index contributed by atoms with van der Waals surface area (Å²) in [4.78, 5) is 11.0. The first-order valence-electron chi connectivity index (χ1n) is 5.79. The van der Waals surface area contributed by atoms with Gasteiger partial charge in [-0.15, -0.1) is 0 Å². The third-order valence-electron chi connectivity index (χ3n) is 2.28. The number of carbonyl (C=O) groups is 1. The Labute approximate surface area is 97.7 Å². The topological polar surface area (TPSA) is 58.6 Å². The van der Waals surface area contributed by atoms with Gasteiger partial charge in [-0.1, -0.05) is 19.9 Å². The van der Waals surface area contributed by atoms with E-state index in [1.165, 1.54) is 6.08 Å². The number of aliphatic hydroxyl groups excluding tert-OH is 1. The Hall–Kier alpha value is -0.870. The van der Waals surface area contributed by atoms with Crippen LogP contribution in [0, 0.1) is 5.92 Å². The van der Waals surface area contributed by atoms with Crippen LogP contribution in [0.3, 0.4) is 0 Å². The van der Waals surface area contributed by atoms with Crippen LogP contribution < -0.4 is 5.32 Å². The second-order valence-corrected chi connectivity index (χ2v) is 3.93. The summed E-state index contributed by atoms with van der Waals surface area (Å²) in [6.07, 6.45) is 3.89. The molecule has 0 aromatic heterocycles. The zero-order chi connectivity index (χ0) is 12.4. The van der Waals surface area contributed by atoms with E-state index in [1.807, 2.05) is 0 Å². The van der Waals surface area contributed by atoms with E-state index >= 15 is 0 Å². The maximum atomic E-state index is 11.0. The molecule has 0 aliphatic heterocycles. The van der Waals surface area contributed by atoms with Crippen molar-refractivity contribution in [3.8, 4) is 0 Å². The molecule has 0 aliphatic carbocycles. The lowest BCUT2D eigenvalue weighted by molar-refractivity contribution is -0.137. The molecule has 0 rings (SSSR count). The first-order chi connectivity index (χ1) is 7.61. The molecule has 0 spiro atoms. The molecule has 0 heterocycles. The molecule has 0 aromatic carbocycles. The second-order valence-electron chi connectivity index (χ2n) is 3.93. The van der Waals surface area contributed by atoms with E-state index in [9.17, 15) is 4.79 Å². The van der Waals surface area contributed by atoms with Crippen molar-refractivity contribution in [3.05, 3.63) is 12.2 Å². The molecule has 0 amide bonds. The van der Waals surface area contributed by atoms with Crippen LogP contribution in [-0.4, -0.2) is 36.9 Å². The number of aliphatic hydroxyl groups is 1. The van der Waals surface area contributed by atoms with Gasteiger partial charge >= 0.3 is 5.97 Å². The van der Waals surface area contributed by atoms with Crippen molar-refractivity contribution in [3.63, 3.8) is 0 Å². The van der Waals surface area contributed by atoms with Crippen LogP contribution in [-0.2, 0) is 9.53 Å². The van der Waals surface area contributed by atoms with Crippen LogP contribution in [0.25, 0.3) is 0 Å². The highest BCUT2D eigenvalue weighted by atomic mass is 16.5. The Balaban J connectivity index is 3.80. The van der Waals surface area contributed by atoms with Gasteiger partial charge in [0.05, 0.1) is 6.61 Å². The number of esters is 1. The van der Waals surface area contributed by atoms with E-state index in [2.05, 4.69) is 19.2 Å². The highest BCUT2D eigenvalue weighted by Gasteiger charge is 2.10. The normalized spacial score (nSPS) is 13.3. The fourth-order valence-corrected chi connectivity index (χ4v) is 1.38. The Morgan fingerprint density at radius 2 is 2.19 bits per heavy atom. The molecule has 2 N–H and O–H groups in total. The summed E-state index contributed by atoms with van der Waals surface area (Å²) in [6, 6.07) is 0.275. The quantitative estimate of drug-likeness (QED) is 0.483. The zero-order valence-electron chi connectivity index (χ0n) is 10.4. The van der Waals surface area contributed by atoms with Crippen molar-refractivity contribution in [2.75, 3.05) is 19.8 Å². The molecule has 0 saturated heterocycles. The van der Waals surface area contributed by atoms with E-state index in [4.69, 9.17) is 9.84 Å². The monoisotopic (exact) mass is 229 g/mol. The minimum atomic E-state index is -0.312. The van der Waals surface area contributed by atoms with Gasteiger partial charge in [0.15, 0.2) is 0 Å². The summed E-state index contributed by atoms with van der Waals surface area (Å²) in [7, 11) is 0. The number of carbonyl (C=O) groups excluding carboxylic acids is 1. The van der Waals surface area contributed by atoms with Crippen molar-refractivity contribution in [1.82, 2.24) is 5.32 Å². The summed E-state index contributed by atoms with van der Waals surface area (Å²) >= 11 is 0. The molecule has 16 heavy (non-hydrogen) atoms. The molecule has 0 saturated carbocycles. The number of nitrogens with one attached hydrogen (secondary N) is 1. The van der Waals surface area contributed by atoms with Gasteiger partial charge < -0.3 is 15.2 Å². The smallest absolute Gasteiger partial charge is 0.330 e. The van der Waals surface area contributed by atoms with Crippen LogP contribution in [0.5, 0.6) is 0 Å². The molecule has 0 aromatic rings. The first-order valence-corrected chi connectivity index (χ1v) is 5.79. The average Bonchev–Trinajstić information content (AvgIpc) is 2.22. The molecular weight excluding hydrogens is 206 g/mol. The molecule has 1 unspecified atom stereocenters. The molecule has 0 aliphatic rings. The van der Waals surface area contributed by atoms with Crippen molar-refractivity contribution in [2.24, 2.45) is 5.92 Å². The molecular formula is C12H23NO3. The number of rotatable bonds is 8. The summed E-state index contributed by atoms with van der Waals surface area (Å²) in [5.74, 6) is 0.149. The summed E-state index contributed by atoms with van der Waals surface area (Å²) < 4.78 is 4.75. The molecule has 94 valence electrons. The van der Waals surface area contributed by atoms with Gasteiger partial charge in [0, 0.05) is 25.3 Å². The van der Waals surface area contributed by atoms with E-state index in [-0.39, 0.29) is 18.6 Å². The lowest BCUT2D eigenvalue weighted by atomic mass is 10.0. The Morgan fingerprint density at radius 3 is 2.69 bits per heavy atom. The maximum absolute atomic E-state index is 11.0. The molecule has 0 fully saturated rings. The lowest BCUT2D eigenvalue weighted by Gasteiger charge is -2.20. The SMILES string of the molecule is CCOC(=O)/C=C/CNC(CCO)C(C)C. The van der Waals surface area contributed by atoms with Gasteiger partial charge in [0.25, 0.3) is 0 Å². The van der Waals surface area contributed by atoms with Crippen LogP contribution in [0.15, 0.2) is 12.2 Å². The van der Waals surface area contributed by atoms with E-state index < -0.39 is 0 Å². The van der Waals surface area contributed by atoms with E-state index in [0.717, 1.165) is 6.42 Å². The fraction of sp³-hybridized carbons (Fsp3) is 0.750. The largest absolute Gasteiger partial charge is 0.463 e. The van der Waals surface area contributed by atoms with Crippen LogP contribution in [0.2, 0.25) is 0 Å². The highest BCUT2D eigenvalue weighted by molar-refractivity contribution is 5.81. The lowest BCUT2D eigenvalue weighted by Crippen LogP contribution is -2.34. The highest BCUT2D eigenvalue weighted by Crippen LogP contribution is 2.04. The molecule has 4 heteroatoms. The first kappa shape index (κ1) is 15.1. The van der Waals surface area contributed by atoms with E-state index in [1.54, 1.807) is 13.0 Å². The fourth-order valence-electron chi connectivity index (χ4n) is 1.38. The van der Waals surface area contributed by atoms with Gasteiger partial charge in [-0.05, 0) is 19.3 Å². The predicted molar refractivity (Wildman–Crippen MR) is 64.1 cm³/mol. The van der Waals surface area contributed by atoms with Crippen molar-refractivity contribution < 1.29 is 14.6 Å². The number of hydrogen-bond acceptors (Lipinski definition) is 4. The van der Waals surface area contributed by atoms with Crippen LogP contribution in [0.4, 0.5) is 0 Å². The minimum absolute atomic E-state index is 0.178. The van der Waals surface area contributed by atoms with Crippen molar-refractivity contribution >= 4 is 5.97 Å². The summed E-state index contributed by atoms with van der Waals surface area (Å²) in [5, 5.41) is 12.1. The van der Waals surface area contributed by atoms with Crippen molar-refractivity contribution in [1.29, 1.82) is 0 Å². The van der Waals surface area contributed by atoms with Gasteiger partial charge in [-0.2, -0.15) is 0 Å². The maximum Gasteiger partial charge on any atom is 0.330 e. The summed E-state index contributed by atoms with van der Waals surface area (Å²) in [5.41, 5.74) is 0. The minimum Gasteiger partial charge on any atom is -0.463 e. The second kappa shape index (κ2) is 9.36. The average molecular weight is 229 g/mol. The molecule has 0 radical (unpaired) electrons. The third kappa shape index (κ3) is 7.43. The predicted octanol–water partition coefficient (Wildman–Crippen LogP) is 1.10. The number of ether oxygens (including phenoxy) is 1.